The van der Waals surface area contributed by atoms with E-state index in [-0.39, 0.29) is 23.8 Å². The number of aromatic nitrogens is 1. The Morgan fingerprint density at radius 2 is 1.54 bits per heavy atom. The Balaban J connectivity index is 1.55. The summed E-state index contributed by atoms with van der Waals surface area (Å²) in [5.74, 6) is -0.139. The molecule has 1 aromatic heterocycles. The first kappa shape index (κ1) is 28.2. The number of carbonyl (C=O) groups excluding carboxylic acids is 2. The lowest BCUT2D eigenvalue weighted by Gasteiger charge is -2.28. The molecule has 0 fully saturated rings. The fraction of sp³-hybridized carbons (Fsp3) is 0.353. The van der Waals surface area contributed by atoms with Crippen molar-refractivity contribution in [2.24, 2.45) is 0 Å². The van der Waals surface area contributed by atoms with Crippen LogP contribution in [0.1, 0.15) is 66.7 Å². The van der Waals surface area contributed by atoms with Crippen molar-refractivity contribution in [3.63, 3.8) is 0 Å². The maximum Gasteiger partial charge on any atom is 0.254 e. The number of nitrogens with one attached hydrogen (secondary N) is 1. The lowest BCUT2D eigenvalue weighted by molar-refractivity contribution is -0.132. The van der Waals surface area contributed by atoms with Crippen LogP contribution in [0.3, 0.4) is 0 Å². The van der Waals surface area contributed by atoms with Crippen molar-refractivity contribution in [3.05, 3.63) is 107 Å². The minimum atomic E-state index is -0.101. The molecule has 3 aromatic carbocycles. The van der Waals surface area contributed by atoms with E-state index in [1.54, 1.807) is 4.90 Å². The summed E-state index contributed by atoms with van der Waals surface area (Å²) in [6.07, 6.45) is 3.56. The van der Waals surface area contributed by atoms with E-state index in [2.05, 4.69) is 62.2 Å². The van der Waals surface area contributed by atoms with Crippen molar-refractivity contribution in [2.45, 2.75) is 59.4 Å². The second kappa shape index (κ2) is 12.3. The van der Waals surface area contributed by atoms with Gasteiger partial charge in [0.2, 0.25) is 5.91 Å². The Kier molecular flexibility index (Phi) is 8.90. The van der Waals surface area contributed by atoms with Crippen LogP contribution in [0.25, 0.3) is 10.9 Å². The van der Waals surface area contributed by atoms with Gasteiger partial charge in [0.05, 0.1) is 0 Å². The average molecular weight is 524 g/mol. The number of benzene rings is 3. The third-order valence-corrected chi connectivity index (χ3v) is 7.28. The molecule has 204 valence electrons. The average Bonchev–Trinajstić information content (AvgIpc) is 3.33. The monoisotopic (exact) mass is 523 g/mol. The molecule has 2 amide bonds. The van der Waals surface area contributed by atoms with Gasteiger partial charge in [0.25, 0.3) is 5.91 Å². The van der Waals surface area contributed by atoms with Gasteiger partial charge in [-0.05, 0) is 60.1 Å². The van der Waals surface area contributed by atoms with Gasteiger partial charge in [0.15, 0.2) is 0 Å². The second-order valence-electron chi connectivity index (χ2n) is 11.5. The van der Waals surface area contributed by atoms with Crippen molar-refractivity contribution >= 4 is 22.7 Å². The molecule has 0 radical (unpaired) electrons. The van der Waals surface area contributed by atoms with Gasteiger partial charge in [-0.3, -0.25) is 9.59 Å². The smallest absolute Gasteiger partial charge is 0.254 e. The zero-order valence-electron chi connectivity index (χ0n) is 24.0. The number of aryl methyl sites for hydroxylation is 1. The third-order valence-electron chi connectivity index (χ3n) is 7.28. The molecule has 4 rings (SSSR count). The predicted molar refractivity (Wildman–Crippen MR) is 160 cm³/mol. The molecule has 0 aliphatic rings. The summed E-state index contributed by atoms with van der Waals surface area (Å²) in [4.78, 5) is 34.1. The Morgan fingerprint density at radius 3 is 2.21 bits per heavy atom. The largest absolute Gasteiger partial charge is 0.361 e. The van der Waals surface area contributed by atoms with Gasteiger partial charge in [-0.1, -0.05) is 87.9 Å². The van der Waals surface area contributed by atoms with Crippen molar-refractivity contribution in [1.82, 2.24) is 14.8 Å². The maximum absolute atomic E-state index is 13.8. The highest BCUT2D eigenvalue weighted by Gasteiger charge is 2.23. The Hall–Kier alpha value is -3.86. The molecule has 5 heteroatoms. The quantitative estimate of drug-likeness (QED) is 0.246. The van der Waals surface area contributed by atoms with Crippen molar-refractivity contribution in [1.29, 1.82) is 0 Å². The summed E-state index contributed by atoms with van der Waals surface area (Å²) in [6.45, 7) is 12.3. The van der Waals surface area contributed by atoms with E-state index < -0.39 is 0 Å². The number of carbonyl (C=O) groups is 2. The van der Waals surface area contributed by atoms with Crippen LogP contribution in [-0.2, 0) is 23.2 Å². The molecule has 0 atom stereocenters. The van der Waals surface area contributed by atoms with Crippen LogP contribution in [0.2, 0.25) is 0 Å². The number of nitrogens with zero attached hydrogens (tertiary/aromatic N) is 2. The first-order valence-corrected chi connectivity index (χ1v) is 13.9. The van der Waals surface area contributed by atoms with Crippen LogP contribution in [-0.4, -0.2) is 46.2 Å². The van der Waals surface area contributed by atoms with Crippen LogP contribution in [0.15, 0.2) is 79.0 Å². The molecule has 0 bridgehead atoms. The van der Waals surface area contributed by atoms with Crippen LogP contribution < -0.4 is 0 Å². The van der Waals surface area contributed by atoms with Gasteiger partial charge in [-0.15, -0.1) is 0 Å². The van der Waals surface area contributed by atoms with E-state index in [0.717, 1.165) is 29.5 Å². The van der Waals surface area contributed by atoms with Gasteiger partial charge in [0.1, 0.15) is 6.54 Å². The van der Waals surface area contributed by atoms with Crippen LogP contribution in [0.4, 0.5) is 0 Å². The second-order valence-corrected chi connectivity index (χ2v) is 11.5. The summed E-state index contributed by atoms with van der Waals surface area (Å²) in [5, 5.41) is 1.18. The van der Waals surface area contributed by atoms with E-state index in [1.807, 2.05) is 61.3 Å². The normalized spacial score (nSPS) is 11.5. The number of para-hydroxylation sites is 1. The highest BCUT2D eigenvalue weighted by atomic mass is 16.2. The van der Waals surface area contributed by atoms with E-state index >= 15 is 0 Å². The molecule has 5 nitrogen and oxygen atoms in total. The summed E-state index contributed by atoms with van der Waals surface area (Å²) in [6, 6.07) is 24.4. The molecule has 0 saturated heterocycles. The van der Waals surface area contributed by atoms with E-state index in [9.17, 15) is 9.59 Å². The molecule has 0 saturated carbocycles. The molecule has 1 N–H and O–H groups in total. The number of rotatable bonds is 10. The summed E-state index contributed by atoms with van der Waals surface area (Å²) in [5.41, 5.74) is 6.42. The molecular weight excluding hydrogens is 482 g/mol. The minimum absolute atomic E-state index is 0.0383. The van der Waals surface area contributed by atoms with Gasteiger partial charge >= 0.3 is 0 Å². The van der Waals surface area contributed by atoms with Gasteiger partial charge < -0.3 is 14.8 Å². The summed E-state index contributed by atoms with van der Waals surface area (Å²) >= 11 is 0. The van der Waals surface area contributed by atoms with Gasteiger partial charge in [-0.2, -0.15) is 0 Å². The zero-order chi connectivity index (χ0) is 28.0. The van der Waals surface area contributed by atoms with Crippen molar-refractivity contribution in [3.8, 4) is 0 Å². The van der Waals surface area contributed by atoms with Crippen LogP contribution in [0, 0.1) is 6.92 Å². The number of hydrogen-bond acceptors (Lipinski definition) is 2. The van der Waals surface area contributed by atoms with Crippen molar-refractivity contribution < 1.29 is 9.59 Å². The molecule has 4 aromatic rings. The molecule has 1 heterocycles. The fourth-order valence-electron chi connectivity index (χ4n) is 4.88. The van der Waals surface area contributed by atoms with E-state index in [1.165, 1.54) is 16.5 Å². The summed E-state index contributed by atoms with van der Waals surface area (Å²) in [7, 11) is 0. The highest BCUT2D eigenvalue weighted by Crippen LogP contribution is 2.23. The number of hydrogen-bond donors (Lipinski definition) is 1. The molecule has 0 spiro atoms. The molecular formula is C34H41N3O2. The van der Waals surface area contributed by atoms with Crippen LogP contribution >= 0.6 is 0 Å². The number of amides is 2. The fourth-order valence-corrected chi connectivity index (χ4v) is 4.88. The topological polar surface area (TPSA) is 56.4 Å². The zero-order valence-corrected chi connectivity index (χ0v) is 24.0. The lowest BCUT2D eigenvalue weighted by Crippen LogP contribution is -2.43. The van der Waals surface area contributed by atoms with E-state index in [0.29, 0.717) is 25.2 Å². The first-order valence-electron chi connectivity index (χ1n) is 13.9. The SMILES string of the molecule is CCCN(CC(=O)N(CCc1c[nH]c2ccccc12)Cc1ccc(C(C)(C)C)cc1)C(=O)c1ccc(C)cc1. The minimum Gasteiger partial charge on any atom is -0.361 e. The molecule has 0 aliphatic heterocycles. The Labute approximate surface area is 232 Å². The number of H-pyrrole nitrogens is 1. The highest BCUT2D eigenvalue weighted by molar-refractivity contribution is 5.96. The number of fused-ring (bicyclic) bond motifs is 1. The molecule has 39 heavy (non-hydrogen) atoms. The summed E-state index contributed by atoms with van der Waals surface area (Å²) < 4.78 is 0. The molecule has 0 unspecified atom stereocenters. The molecule has 0 aliphatic carbocycles. The van der Waals surface area contributed by atoms with Gasteiger partial charge in [0, 0.05) is 42.3 Å². The predicted octanol–water partition coefficient (Wildman–Crippen LogP) is 6.90. The van der Waals surface area contributed by atoms with E-state index in [4.69, 9.17) is 0 Å². The van der Waals surface area contributed by atoms with Gasteiger partial charge in [-0.25, -0.2) is 0 Å². The van der Waals surface area contributed by atoms with Crippen LogP contribution in [0.5, 0.6) is 0 Å². The standard InChI is InChI=1S/C34H41N3O2/c1-6-20-37(33(39)27-15-11-25(2)12-16-27)24-32(38)36(23-26-13-17-29(18-14-26)34(3,4)5)21-19-28-22-35-31-10-8-7-9-30(28)31/h7-18,22,35H,6,19-21,23-24H2,1-5H3. The Bertz CT molecular complexity index is 1400. The Morgan fingerprint density at radius 1 is 0.846 bits per heavy atom. The van der Waals surface area contributed by atoms with Crippen molar-refractivity contribution in [2.75, 3.05) is 19.6 Å². The third kappa shape index (κ3) is 7.17. The first-order chi connectivity index (χ1) is 18.7. The lowest BCUT2D eigenvalue weighted by atomic mass is 9.87. The number of aromatic amines is 1. The maximum atomic E-state index is 13.8.